The maximum atomic E-state index is 10.8. The third kappa shape index (κ3) is 2.15. The molecule has 1 saturated heterocycles. The third-order valence-electron chi connectivity index (χ3n) is 2.33. The summed E-state index contributed by atoms with van der Waals surface area (Å²) in [5.41, 5.74) is 6.41. The lowest BCUT2D eigenvalue weighted by Crippen LogP contribution is -2.42. The van der Waals surface area contributed by atoms with Crippen LogP contribution in [-0.4, -0.2) is 25.3 Å². The zero-order valence-corrected chi connectivity index (χ0v) is 8.59. The maximum Gasteiger partial charge on any atom is 0.501 e. The molecule has 0 saturated carbocycles. The Kier molecular flexibility index (Phi) is 3.07. The van der Waals surface area contributed by atoms with E-state index < -0.39 is 12.0 Å². The molecule has 1 aliphatic rings. The van der Waals surface area contributed by atoms with Gasteiger partial charge in [0.1, 0.15) is 0 Å². The van der Waals surface area contributed by atoms with Gasteiger partial charge in [-0.15, -0.1) is 0 Å². The van der Waals surface area contributed by atoms with Crippen LogP contribution in [0.3, 0.4) is 0 Å². The summed E-state index contributed by atoms with van der Waals surface area (Å²) >= 11 is 0. The number of nitrogen functional groups attached to an aromatic ring is 1. The van der Waals surface area contributed by atoms with Gasteiger partial charge in [-0.3, -0.25) is 10.1 Å². The molecule has 0 aliphatic carbocycles. The van der Waals surface area contributed by atoms with Gasteiger partial charge in [0.2, 0.25) is 0 Å². The Bertz CT molecular complexity index is 406. The molecule has 0 aromatic heterocycles. The van der Waals surface area contributed by atoms with Crippen molar-refractivity contribution in [2.45, 2.75) is 6.42 Å². The molecular formula is C9H11BN2O4. The van der Waals surface area contributed by atoms with Crippen LogP contribution < -0.4 is 11.2 Å². The highest BCUT2D eigenvalue weighted by atomic mass is 16.6. The van der Waals surface area contributed by atoms with Gasteiger partial charge in [-0.25, -0.2) is 0 Å². The predicted octanol–water partition coefficient (Wildman–Crippen LogP) is 0.309. The van der Waals surface area contributed by atoms with Crippen LogP contribution in [0.2, 0.25) is 0 Å². The van der Waals surface area contributed by atoms with Gasteiger partial charge in [-0.05, 0) is 18.6 Å². The van der Waals surface area contributed by atoms with Crippen LogP contribution in [0, 0.1) is 10.1 Å². The number of benzene rings is 1. The Balaban J connectivity index is 2.36. The smallest absolute Gasteiger partial charge is 0.407 e. The minimum absolute atomic E-state index is 0.0268. The summed E-state index contributed by atoms with van der Waals surface area (Å²) in [7, 11) is -0.683. The second-order valence-electron chi connectivity index (χ2n) is 3.50. The van der Waals surface area contributed by atoms with Crippen LogP contribution in [0.15, 0.2) is 18.2 Å². The highest BCUT2D eigenvalue weighted by molar-refractivity contribution is 6.63. The molecule has 16 heavy (non-hydrogen) atoms. The van der Waals surface area contributed by atoms with Crippen molar-refractivity contribution in [2.24, 2.45) is 0 Å². The lowest BCUT2D eigenvalue weighted by Gasteiger charge is -2.19. The van der Waals surface area contributed by atoms with Crippen LogP contribution >= 0.6 is 0 Å². The second kappa shape index (κ2) is 4.50. The van der Waals surface area contributed by atoms with E-state index in [4.69, 9.17) is 15.0 Å². The Morgan fingerprint density at radius 2 is 2.06 bits per heavy atom. The second-order valence-corrected chi connectivity index (χ2v) is 3.50. The molecule has 1 aromatic rings. The molecule has 1 fully saturated rings. The predicted molar refractivity (Wildman–Crippen MR) is 59.4 cm³/mol. The first-order valence-electron chi connectivity index (χ1n) is 4.95. The molecule has 7 heteroatoms. The van der Waals surface area contributed by atoms with Crippen LogP contribution in [0.1, 0.15) is 6.42 Å². The minimum Gasteiger partial charge on any atom is -0.407 e. The van der Waals surface area contributed by atoms with Crippen molar-refractivity contribution >= 4 is 24.0 Å². The Morgan fingerprint density at radius 3 is 2.69 bits per heavy atom. The summed E-state index contributed by atoms with van der Waals surface area (Å²) in [4.78, 5) is 10.4. The number of nitrogens with two attached hydrogens (primary N) is 1. The summed E-state index contributed by atoms with van der Waals surface area (Å²) < 4.78 is 10.7. The molecule has 0 spiro atoms. The van der Waals surface area contributed by atoms with Crippen molar-refractivity contribution in [1.82, 2.24) is 0 Å². The molecule has 6 nitrogen and oxygen atoms in total. The normalized spacial score (nSPS) is 16.1. The van der Waals surface area contributed by atoms with Gasteiger partial charge in [0.05, 0.1) is 10.4 Å². The van der Waals surface area contributed by atoms with E-state index in [1.165, 1.54) is 18.2 Å². The molecule has 0 radical (unpaired) electrons. The molecule has 1 aromatic carbocycles. The number of anilines is 1. The van der Waals surface area contributed by atoms with Crippen molar-refractivity contribution < 1.29 is 14.2 Å². The standard InChI is InChI=1S/C9H11BN2O4/c11-7-2-3-9(12(13)14)8(6-7)10-15-4-1-5-16-10/h2-3,6H,1,4-5,11H2. The number of rotatable bonds is 2. The van der Waals surface area contributed by atoms with E-state index >= 15 is 0 Å². The van der Waals surface area contributed by atoms with Gasteiger partial charge in [0.15, 0.2) is 0 Å². The van der Waals surface area contributed by atoms with Gasteiger partial charge in [-0.2, -0.15) is 0 Å². The molecule has 1 heterocycles. The molecular weight excluding hydrogens is 211 g/mol. The molecule has 0 amide bonds. The zero-order valence-electron chi connectivity index (χ0n) is 8.59. The van der Waals surface area contributed by atoms with Crippen molar-refractivity contribution in [2.75, 3.05) is 18.9 Å². The lowest BCUT2D eigenvalue weighted by atomic mass is 9.76. The zero-order chi connectivity index (χ0) is 11.5. The summed E-state index contributed by atoms with van der Waals surface area (Å²) in [6, 6.07) is 4.38. The van der Waals surface area contributed by atoms with E-state index in [0.717, 1.165) is 6.42 Å². The van der Waals surface area contributed by atoms with Crippen LogP contribution in [0.25, 0.3) is 0 Å². The van der Waals surface area contributed by atoms with Gasteiger partial charge in [0.25, 0.3) is 5.69 Å². The SMILES string of the molecule is Nc1ccc([N+](=O)[O-])c(B2OCCCO2)c1. The highest BCUT2D eigenvalue weighted by Crippen LogP contribution is 2.14. The molecule has 0 bridgehead atoms. The fourth-order valence-corrected chi connectivity index (χ4v) is 1.60. The van der Waals surface area contributed by atoms with E-state index in [-0.39, 0.29) is 5.69 Å². The quantitative estimate of drug-likeness (QED) is 0.336. The number of hydrogen-bond acceptors (Lipinski definition) is 5. The van der Waals surface area contributed by atoms with Gasteiger partial charge < -0.3 is 15.0 Å². The molecule has 1 aliphatic heterocycles. The average Bonchev–Trinajstić information content (AvgIpc) is 2.29. The van der Waals surface area contributed by atoms with E-state index in [9.17, 15) is 10.1 Å². The Labute approximate surface area is 92.6 Å². The fourth-order valence-electron chi connectivity index (χ4n) is 1.60. The number of hydrogen-bond donors (Lipinski definition) is 1. The maximum absolute atomic E-state index is 10.8. The van der Waals surface area contributed by atoms with Crippen molar-refractivity contribution in [1.29, 1.82) is 0 Å². The molecule has 84 valence electrons. The van der Waals surface area contributed by atoms with Crippen LogP contribution in [-0.2, 0) is 9.31 Å². The number of nitro groups is 1. The van der Waals surface area contributed by atoms with E-state index in [1.54, 1.807) is 0 Å². The van der Waals surface area contributed by atoms with Crippen molar-refractivity contribution in [3.8, 4) is 0 Å². The lowest BCUT2D eigenvalue weighted by molar-refractivity contribution is -0.383. The summed E-state index contributed by atoms with van der Waals surface area (Å²) in [6.45, 7) is 1.08. The monoisotopic (exact) mass is 222 g/mol. The molecule has 2 rings (SSSR count). The minimum atomic E-state index is -0.683. The van der Waals surface area contributed by atoms with Gasteiger partial charge in [0, 0.05) is 25.0 Å². The largest absolute Gasteiger partial charge is 0.501 e. The molecule has 2 N–H and O–H groups in total. The van der Waals surface area contributed by atoms with Crippen LogP contribution in [0.5, 0.6) is 0 Å². The summed E-state index contributed by atoms with van der Waals surface area (Å²) in [5.74, 6) is 0. The molecule has 0 atom stereocenters. The number of nitro benzene ring substituents is 1. The van der Waals surface area contributed by atoms with Crippen molar-refractivity contribution in [3.63, 3.8) is 0 Å². The summed E-state index contributed by atoms with van der Waals surface area (Å²) in [5, 5.41) is 10.8. The first-order valence-corrected chi connectivity index (χ1v) is 4.95. The fraction of sp³-hybridized carbons (Fsp3) is 0.333. The third-order valence-corrected chi connectivity index (χ3v) is 2.33. The highest BCUT2D eigenvalue weighted by Gasteiger charge is 2.31. The van der Waals surface area contributed by atoms with Gasteiger partial charge in [-0.1, -0.05) is 0 Å². The Morgan fingerprint density at radius 1 is 1.38 bits per heavy atom. The topological polar surface area (TPSA) is 87.6 Å². The van der Waals surface area contributed by atoms with E-state index in [2.05, 4.69) is 0 Å². The van der Waals surface area contributed by atoms with Gasteiger partial charge >= 0.3 is 7.12 Å². The van der Waals surface area contributed by atoms with E-state index in [0.29, 0.717) is 24.4 Å². The first-order chi connectivity index (χ1) is 7.68. The molecule has 0 unspecified atom stereocenters. The van der Waals surface area contributed by atoms with E-state index in [1.807, 2.05) is 0 Å². The number of nitrogens with zero attached hydrogens (tertiary/aromatic N) is 1. The Hall–Kier alpha value is -1.60. The van der Waals surface area contributed by atoms with Crippen LogP contribution in [0.4, 0.5) is 11.4 Å². The van der Waals surface area contributed by atoms with Crippen molar-refractivity contribution in [3.05, 3.63) is 28.3 Å². The summed E-state index contributed by atoms with van der Waals surface area (Å²) in [6.07, 6.45) is 0.798. The average molecular weight is 222 g/mol. The first kappa shape index (κ1) is 10.9.